The number of nitro groups is 1. The molecule has 1 aromatic rings. The van der Waals surface area contributed by atoms with Gasteiger partial charge in [0, 0.05) is 18.7 Å². The number of primary amides is 1. The third kappa shape index (κ3) is 3.93. The van der Waals surface area contributed by atoms with Gasteiger partial charge in [0.1, 0.15) is 18.1 Å². The molecule has 0 heterocycles. The van der Waals surface area contributed by atoms with Crippen molar-refractivity contribution >= 4 is 17.5 Å². The van der Waals surface area contributed by atoms with Gasteiger partial charge in [0.25, 0.3) is 5.69 Å². The van der Waals surface area contributed by atoms with Crippen LogP contribution in [0.3, 0.4) is 0 Å². The van der Waals surface area contributed by atoms with Crippen LogP contribution >= 0.6 is 0 Å². The first kappa shape index (κ1) is 12.7. The van der Waals surface area contributed by atoms with Gasteiger partial charge >= 0.3 is 6.09 Å². The molecule has 1 aromatic carbocycles. The molecule has 0 bridgehead atoms. The van der Waals surface area contributed by atoms with Crippen molar-refractivity contribution in [1.29, 1.82) is 0 Å². The van der Waals surface area contributed by atoms with Crippen LogP contribution in [-0.2, 0) is 4.74 Å². The Bertz CT molecular complexity index is 438. The number of amides is 1. The Labute approximate surface area is 95.5 Å². The molecule has 8 heteroatoms. The summed E-state index contributed by atoms with van der Waals surface area (Å²) in [6.07, 6.45) is -0.944. The Morgan fingerprint density at radius 2 is 2.29 bits per heavy atom. The zero-order valence-electron chi connectivity index (χ0n) is 8.68. The molecule has 0 aromatic heterocycles. The normalized spacial score (nSPS) is 9.71. The molecule has 0 saturated carbocycles. The van der Waals surface area contributed by atoms with Crippen LogP contribution in [0.4, 0.5) is 20.6 Å². The van der Waals surface area contributed by atoms with Gasteiger partial charge in [0.15, 0.2) is 0 Å². The SMILES string of the molecule is NC(=O)OCCNc1cc(F)ccc1[N+](=O)[O-]. The molecule has 0 saturated heterocycles. The van der Waals surface area contributed by atoms with Gasteiger partial charge in [-0.15, -0.1) is 0 Å². The fourth-order valence-corrected chi connectivity index (χ4v) is 1.15. The van der Waals surface area contributed by atoms with E-state index in [2.05, 4.69) is 10.1 Å². The quantitative estimate of drug-likeness (QED) is 0.459. The number of rotatable bonds is 5. The molecular formula is C9H10FN3O4. The van der Waals surface area contributed by atoms with E-state index in [0.29, 0.717) is 0 Å². The predicted molar refractivity (Wildman–Crippen MR) is 57.1 cm³/mol. The monoisotopic (exact) mass is 243 g/mol. The number of ether oxygens (including phenoxy) is 1. The van der Waals surface area contributed by atoms with Crippen LogP contribution in [-0.4, -0.2) is 24.2 Å². The number of nitrogens with one attached hydrogen (secondary N) is 1. The molecule has 1 amide bonds. The maximum Gasteiger partial charge on any atom is 0.404 e. The van der Waals surface area contributed by atoms with E-state index in [-0.39, 0.29) is 24.5 Å². The third-order valence-corrected chi connectivity index (χ3v) is 1.82. The minimum Gasteiger partial charge on any atom is -0.448 e. The van der Waals surface area contributed by atoms with Crippen LogP contribution in [0.5, 0.6) is 0 Å². The van der Waals surface area contributed by atoms with E-state index in [4.69, 9.17) is 5.73 Å². The molecule has 0 atom stereocenters. The molecule has 0 radical (unpaired) electrons. The number of carbonyl (C=O) groups excluding carboxylic acids is 1. The molecule has 92 valence electrons. The molecule has 0 aliphatic rings. The maximum absolute atomic E-state index is 12.9. The van der Waals surface area contributed by atoms with Crippen molar-refractivity contribution in [2.45, 2.75) is 0 Å². The first-order valence-electron chi connectivity index (χ1n) is 4.60. The lowest BCUT2D eigenvalue weighted by molar-refractivity contribution is -0.384. The molecule has 17 heavy (non-hydrogen) atoms. The summed E-state index contributed by atoms with van der Waals surface area (Å²) >= 11 is 0. The smallest absolute Gasteiger partial charge is 0.404 e. The minimum atomic E-state index is -0.944. The number of anilines is 1. The van der Waals surface area contributed by atoms with Gasteiger partial charge < -0.3 is 15.8 Å². The van der Waals surface area contributed by atoms with Crippen LogP contribution in [0.2, 0.25) is 0 Å². The summed E-state index contributed by atoms with van der Waals surface area (Å²) in [4.78, 5) is 20.2. The van der Waals surface area contributed by atoms with E-state index in [1.54, 1.807) is 0 Å². The predicted octanol–water partition coefficient (Wildman–Crippen LogP) is 1.24. The van der Waals surface area contributed by atoms with Crippen molar-refractivity contribution in [3.63, 3.8) is 0 Å². The van der Waals surface area contributed by atoms with Crippen molar-refractivity contribution < 1.29 is 18.8 Å². The van der Waals surface area contributed by atoms with E-state index in [0.717, 1.165) is 18.2 Å². The van der Waals surface area contributed by atoms with Gasteiger partial charge in [-0.25, -0.2) is 9.18 Å². The number of hydrogen-bond acceptors (Lipinski definition) is 5. The molecule has 0 fully saturated rings. The molecule has 0 spiro atoms. The Balaban J connectivity index is 2.65. The van der Waals surface area contributed by atoms with E-state index >= 15 is 0 Å². The molecule has 7 nitrogen and oxygen atoms in total. The van der Waals surface area contributed by atoms with E-state index in [1.807, 2.05) is 0 Å². The summed E-state index contributed by atoms with van der Waals surface area (Å²) in [6.45, 7) is 0.0240. The number of benzene rings is 1. The van der Waals surface area contributed by atoms with Gasteiger partial charge in [-0.05, 0) is 6.07 Å². The average molecular weight is 243 g/mol. The number of nitrogens with zero attached hydrogens (tertiary/aromatic N) is 1. The lowest BCUT2D eigenvalue weighted by atomic mass is 10.2. The number of nitro benzene ring substituents is 1. The highest BCUT2D eigenvalue weighted by Crippen LogP contribution is 2.24. The van der Waals surface area contributed by atoms with E-state index in [9.17, 15) is 19.3 Å². The minimum absolute atomic E-state index is 0.0167. The highest BCUT2D eigenvalue weighted by Gasteiger charge is 2.13. The Morgan fingerprint density at radius 1 is 1.59 bits per heavy atom. The molecule has 0 aliphatic heterocycles. The lowest BCUT2D eigenvalue weighted by Gasteiger charge is -2.06. The maximum atomic E-state index is 12.9. The summed E-state index contributed by atoms with van der Waals surface area (Å²) in [7, 11) is 0. The largest absolute Gasteiger partial charge is 0.448 e. The molecule has 1 rings (SSSR count). The second-order valence-electron chi connectivity index (χ2n) is 3.01. The highest BCUT2D eigenvalue weighted by molar-refractivity contribution is 5.64. The first-order chi connectivity index (χ1) is 8.00. The number of halogens is 1. The first-order valence-corrected chi connectivity index (χ1v) is 4.60. The van der Waals surface area contributed by atoms with Crippen LogP contribution in [0.25, 0.3) is 0 Å². The van der Waals surface area contributed by atoms with Gasteiger partial charge in [-0.3, -0.25) is 10.1 Å². The Kier molecular flexibility index (Phi) is 4.21. The van der Waals surface area contributed by atoms with E-state index < -0.39 is 16.8 Å². The fourth-order valence-electron chi connectivity index (χ4n) is 1.15. The summed E-state index contributed by atoms with van der Waals surface area (Å²) in [5.41, 5.74) is 4.47. The molecule has 0 aliphatic carbocycles. The van der Waals surface area contributed by atoms with Gasteiger partial charge in [-0.2, -0.15) is 0 Å². The van der Waals surface area contributed by atoms with Gasteiger partial charge in [0.2, 0.25) is 0 Å². The summed E-state index contributed by atoms with van der Waals surface area (Å²) < 4.78 is 17.3. The van der Waals surface area contributed by atoms with Crippen molar-refractivity contribution in [1.82, 2.24) is 0 Å². The highest BCUT2D eigenvalue weighted by atomic mass is 19.1. The number of carbonyl (C=O) groups is 1. The second kappa shape index (κ2) is 5.64. The van der Waals surface area contributed by atoms with Crippen molar-refractivity contribution in [3.8, 4) is 0 Å². The van der Waals surface area contributed by atoms with Gasteiger partial charge in [-0.1, -0.05) is 0 Å². The van der Waals surface area contributed by atoms with Crippen molar-refractivity contribution in [2.24, 2.45) is 5.73 Å². The molecule has 0 unspecified atom stereocenters. The number of hydrogen-bond donors (Lipinski definition) is 2. The summed E-state index contributed by atoms with van der Waals surface area (Å²) in [6, 6.07) is 3.03. The molecule has 3 N–H and O–H groups in total. The zero-order valence-corrected chi connectivity index (χ0v) is 8.68. The summed E-state index contributed by atoms with van der Waals surface area (Å²) in [5.74, 6) is -0.603. The van der Waals surface area contributed by atoms with Crippen LogP contribution in [0.1, 0.15) is 0 Å². The Morgan fingerprint density at radius 3 is 2.88 bits per heavy atom. The van der Waals surface area contributed by atoms with Crippen molar-refractivity contribution in [3.05, 3.63) is 34.1 Å². The molecular weight excluding hydrogens is 233 g/mol. The second-order valence-corrected chi connectivity index (χ2v) is 3.01. The van der Waals surface area contributed by atoms with Crippen LogP contribution in [0.15, 0.2) is 18.2 Å². The third-order valence-electron chi connectivity index (χ3n) is 1.82. The van der Waals surface area contributed by atoms with Crippen LogP contribution < -0.4 is 11.1 Å². The van der Waals surface area contributed by atoms with Crippen LogP contribution in [0, 0.1) is 15.9 Å². The Hall–Kier alpha value is -2.38. The topological polar surface area (TPSA) is 107 Å². The average Bonchev–Trinajstić information content (AvgIpc) is 2.23. The zero-order chi connectivity index (χ0) is 12.8. The number of nitrogens with two attached hydrogens (primary N) is 1. The summed E-state index contributed by atoms with van der Waals surface area (Å²) in [5, 5.41) is 13.2. The van der Waals surface area contributed by atoms with E-state index in [1.165, 1.54) is 0 Å². The van der Waals surface area contributed by atoms with Crippen molar-refractivity contribution in [2.75, 3.05) is 18.5 Å². The standard InChI is InChI=1S/C9H10FN3O4/c10-6-1-2-8(13(15)16)7(5-6)12-3-4-17-9(11)14/h1-2,5,12H,3-4H2,(H2,11,14). The van der Waals surface area contributed by atoms with Gasteiger partial charge in [0.05, 0.1) is 4.92 Å². The fraction of sp³-hybridized carbons (Fsp3) is 0.222. The lowest BCUT2D eigenvalue weighted by Crippen LogP contribution is -2.18.